The maximum absolute atomic E-state index is 9.19. The van der Waals surface area contributed by atoms with Gasteiger partial charge in [-0.3, -0.25) is 4.90 Å². The van der Waals surface area contributed by atoms with Crippen LogP contribution in [0.1, 0.15) is 60.1 Å². The van der Waals surface area contributed by atoms with Gasteiger partial charge in [0.2, 0.25) is 0 Å². The Kier molecular flexibility index (Phi) is 4.42. The van der Waals surface area contributed by atoms with Crippen LogP contribution in [-0.4, -0.2) is 26.1 Å². The predicted molar refractivity (Wildman–Crippen MR) is 94.6 cm³/mol. The summed E-state index contributed by atoms with van der Waals surface area (Å²) < 4.78 is 2.38. The van der Waals surface area contributed by atoms with Gasteiger partial charge in [-0.05, 0) is 56.2 Å². The molecule has 1 fully saturated rings. The molecule has 0 amide bonds. The molecule has 1 aliphatic heterocycles. The van der Waals surface area contributed by atoms with Crippen LogP contribution in [0.3, 0.4) is 0 Å². The molecule has 2 aliphatic rings. The number of aryl methyl sites for hydroxylation is 1. The molecule has 2 heterocycles. The Morgan fingerprint density at radius 2 is 1.83 bits per heavy atom. The normalized spacial score (nSPS) is 21.2. The Morgan fingerprint density at radius 3 is 2.58 bits per heavy atom. The number of hydrogen-bond acceptors (Lipinski definition) is 3. The van der Waals surface area contributed by atoms with E-state index >= 15 is 0 Å². The standard InChI is InChI=1S/C20H27N3O/c1-22-18-6-3-2-5-17(18)21-20(22)19-7-4-12-23(19)13-15-8-10-16(14-24)11-9-15/h8-11,19,24H,2-7,12-14H2,1H3. The fraction of sp³-hybridized carbons (Fsp3) is 0.550. The first kappa shape index (κ1) is 15.9. The van der Waals surface area contributed by atoms with Crippen molar-refractivity contribution in [3.05, 3.63) is 52.6 Å². The van der Waals surface area contributed by atoms with Gasteiger partial charge in [-0.2, -0.15) is 0 Å². The Bertz CT molecular complexity index is 704. The highest BCUT2D eigenvalue weighted by Gasteiger charge is 2.31. The first-order chi connectivity index (χ1) is 11.8. The molecular weight excluding hydrogens is 298 g/mol. The second-order valence-electron chi connectivity index (χ2n) is 7.23. The van der Waals surface area contributed by atoms with E-state index in [0.29, 0.717) is 6.04 Å². The lowest BCUT2D eigenvalue weighted by Crippen LogP contribution is -2.25. The van der Waals surface area contributed by atoms with Crippen LogP contribution in [-0.2, 0) is 33.0 Å². The van der Waals surface area contributed by atoms with Crippen molar-refractivity contribution in [2.24, 2.45) is 7.05 Å². The molecule has 1 N–H and O–H groups in total. The van der Waals surface area contributed by atoms with E-state index in [4.69, 9.17) is 4.98 Å². The number of aliphatic hydroxyl groups excluding tert-OH is 1. The third kappa shape index (κ3) is 2.89. The van der Waals surface area contributed by atoms with Gasteiger partial charge >= 0.3 is 0 Å². The van der Waals surface area contributed by atoms with Gasteiger partial charge in [0.05, 0.1) is 18.3 Å². The Labute approximate surface area is 144 Å². The highest BCUT2D eigenvalue weighted by Crippen LogP contribution is 2.34. The Balaban J connectivity index is 1.55. The van der Waals surface area contributed by atoms with Gasteiger partial charge in [0.15, 0.2) is 0 Å². The molecule has 1 aromatic heterocycles. The van der Waals surface area contributed by atoms with E-state index in [1.165, 1.54) is 54.9 Å². The molecule has 1 aliphatic carbocycles. The lowest BCUT2D eigenvalue weighted by molar-refractivity contribution is 0.236. The van der Waals surface area contributed by atoms with Gasteiger partial charge in [0, 0.05) is 19.3 Å². The van der Waals surface area contributed by atoms with Crippen LogP contribution in [0, 0.1) is 0 Å². The third-order valence-electron chi connectivity index (χ3n) is 5.66. The predicted octanol–water partition coefficient (Wildman–Crippen LogP) is 3.13. The molecule has 1 saturated heterocycles. The third-order valence-corrected chi connectivity index (χ3v) is 5.66. The molecule has 1 atom stereocenters. The second-order valence-corrected chi connectivity index (χ2v) is 7.23. The summed E-state index contributed by atoms with van der Waals surface area (Å²) in [7, 11) is 2.21. The van der Waals surface area contributed by atoms with E-state index in [0.717, 1.165) is 25.1 Å². The van der Waals surface area contributed by atoms with Crippen molar-refractivity contribution in [2.75, 3.05) is 6.54 Å². The summed E-state index contributed by atoms with van der Waals surface area (Å²) in [6, 6.07) is 8.78. The number of aliphatic hydroxyl groups is 1. The molecule has 4 nitrogen and oxygen atoms in total. The monoisotopic (exact) mass is 325 g/mol. The first-order valence-electron chi connectivity index (χ1n) is 9.23. The van der Waals surface area contributed by atoms with Crippen molar-refractivity contribution in [2.45, 2.75) is 57.7 Å². The maximum Gasteiger partial charge on any atom is 0.126 e. The van der Waals surface area contributed by atoms with Crippen LogP contribution in [0.25, 0.3) is 0 Å². The molecule has 0 saturated carbocycles. The fourth-order valence-electron chi connectivity index (χ4n) is 4.30. The van der Waals surface area contributed by atoms with Gasteiger partial charge in [-0.1, -0.05) is 24.3 Å². The first-order valence-corrected chi connectivity index (χ1v) is 9.23. The number of fused-ring (bicyclic) bond motifs is 1. The molecule has 0 radical (unpaired) electrons. The zero-order valence-electron chi connectivity index (χ0n) is 14.5. The SMILES string of the molecule is Cn1c(C2CCCN2Cc2ccc(CO)cc2)nc2c1CCCC2. The Hall–Kier alpha value is -1.65. The molecule has 4 rings (SSSR count). The highest BCUT2D eigenvalue weighted by atomic mass is 16.3. The van der Waals surface area contributed by atoms with Crippen LogP contribution in [0.5, 0.6) is 0 Å². The summed E-state index contributed by atoms with van der Waals surface area (Å²) in [6.07, 6.45) is 7.38. The van der Waals surface area contributed by atoms with E-state index in [1.807, 2.05) is 12.1 Å². The number of benzene rings is 1. The zero-order chi connectivity index (χ0) is 16.5. The van der Waals surface area contributed by atoms with Crippen molar-refractivity contribution in [3.63, 3.8) is 0 Å². The average Bonchev–Trinajstić information content (AvgIpc) is 3.20. The van der Waals surface area contributed by atoms with E-state index in [1.54, 1.807) is 0 Å². The van der Waals surface area contributed by atoms with Crippen LogP contribution in [0.2, 0.25) is 0 Å². The molecule has 1 unspecified atom stereocenters. The molecular formula is C20H27N3O. The van der Waals surface area contributed by atoms with Crippen molar-refractivity contribution in [1.82, 2.24) is 14.5 Å². The second kappa shape index (κ2) is 6.69. The largest absolute Gasteiger partial charge is 0.392 e. The smallest absolute Gasteiger partial charge is 0.126 e. The summed E-state index contributed by atoms with van der Waals surface area (Å²) >= 11 is 0. The van der Waals surface area contributed by atoms with E-state index in [9.17, 15) is 5.11 Å². The van der Waals surface area contributed by atoms with Crippen molar-refractivity contribution in [1.29, 1.82) is 0 Å². The van der Waals surface area contributed by atoms with Crippen molar-refractivity contribution >= 4 is 0 Å². The number of likely N-dealkylation sites (tertiary alicyclic amines) is 1. The van der Waals surface area contributed by atoms with Crippen LogP contribution in [0.4, 0.5) is 0 Å². The minimum Gasteiger partial charge on any atom is -0.392 e. The van der Waals surface area contributed by atoms with Gasteiger partial charge in [0.1, 0.15) is 5.82 Å². The van der Waals surface area contributed by atoms with Crippen molar-refractivity contribution in [3.8, 4) is 0 Å². The number of rotatable bonds is 4. The van der Waals surface area contributed by atoms with Crippen molar-refractivity contribution < 1.29 is 5.11 Å². The molecule has 128 valence electrons. The van der Waals surface area contributed by atoms with Crippen LogP contribution in [0.15, 0.2) is 24.3 Å². The zero-order valence-corrected chi connectivity index (χ0v) is 14.5. The summed E-state index contributed by atoms with van der Waals surface area (Å²) in [5.74, 6) is 1.27. The minimum atomic E-state index is 0.117. The molecule has 0 spiro atoms. The van der Waals surface area contributed by atoms with Crippen LogP contribution >= 0.6 is 0 Å². The topological polar surface area (TPSA) is 41.3 Å². The van der Waals surface area contributed by atoms with E-state index in [-0.39, 0.29) is 6.61 Å². The number of imidazole rings is 1. The summed E-state index contributed by atoms with van der Waals surface area (Å²) in [5.41, 5.74) is 5.11. The van der Waals surface area contributed by atoms with Gasteiger partial charge in [-0.15, -0.1) is 0 Å². The molecule has 24 heavy (non-hydrogen) atoms. The maximum atomic E-state index is 9.19. The fourth-order valence-corrected chi connectivity index (χ4v) is 4.30. The number of nitrogens with zero attached hydrogens (tertiary/aromatic N) is 3. The quantitative estimate of drug-likeness (QED) is 0.939. The van der Waals surface area contributed by atoms with Gasteiger partial charge in [0.25, 0.3) is 0 Å². The number of aromatic nitrogens is 2. The lowest BCUT2D eigenvalue weighted by Gasteiger charge is -2.24. The van der Waals surface area contributed by atoms with E-state index in [2.05, 4.69) is 28.6 Å². The van der Waals surface area contributed by atoms with Gasteiger partial charge < -0.3 is 9.67 Å². The Morgan fingerprint density at radius 1 is 1.08 bits per heavy atom. The minimum absolute atomic E-state index is 0.117. The lowest BCUT2D eigenvalue weighted by atomic mass is 10.0. The highest BCUT2D eigenvalue weighted by molar-refractivity contribution is 5.24. The molecule has 1 aromatic carbocycles. The summed E-state index contributed by atoms with van der Waals surface area (Å²) in [6.45, 7) is 2.23. The molecule has 2 aromatic rings. The van der Waals surface area contributed by atoms with Gasteiger partial charge in [-0.25, -0.2) is 4.98 Å². The summed E-state index contributed by atoms with van der Waals surface area (Å²) in [5, 5.41) is 9.19. The summed E-state index contributed by atoms with van der Waals surface area (Å²) in [4.78, 5) is 7.61. The van der Waals surface area contributed by atoms with E-state index < -0.39 is 0 Å². The molecule has 4 heteroatoms. The van der Waals surface area contributed by atoms with Crippen LogP contribution < -0.4 is 0 Å². The average molecular weight is 325 g/mol. The molecule has 0 bridgehead atoms. The number of hydrogen-bond donors (Lipinski definition) is 1.